The van der Waals surface area contributed by atoms with Gasteiger partial charge in [0, 0.05) is 17.4 Å². The highest BCUT2D eigenvalue weighted by molar-refractivity contribution is 5.66. The summed E-state index contributed by atoms with van der Waals surface area (Å²) in [7, 11) is 0. The number of esters is 1. The molecule has 3 aromatic rings. The number of benzene rings is 3. The smallest absolute Gasteiger partial charge is 0.303 e. The Morgan fingerprint density at radius 3 is 2.04 bits per heavy atom. The highest BCUT2D eigenvalue weighted by Crippen LogP contribution is 2.40. The van der Waals surface area contributed by atoms with E-state index in [1.165, 1.54) is 6.92 Å². The standard InChI is InChI=1S/C35H37N3O10/c1-21(39)44-30-27(37-38-36)34-43-20-25(45-34)28(30)48-35-32(41-18-23-13-7-3-8-14-23)31(40-17-22-11-5-2-6-12-22)29-26(46-35)19-42-33(47-29)24-15-9-4-10-16-24/h2-16,25-35H,17-20H2,1H3/t25-,26+,27+,28+,29+,30+,31-,32+,33?,34+,35-/m0/s1. The number of hydrogen-bond acceptors (Lipinski definition) is 11. The monoisotopic (exact) mass is 659 g/mol. The first kappa shape index (κ1) is 32.7. The lowest BCUT2D eigenvalue weighted by atomic mass is 9.95. The molecule has 0 aromatic heterocycles. The average molecular weight is 660 g/mol. The van der Waals surface area contributed by atoms with E-state index in [0.29, 0.717) is 0 Å². The molecule has 4 aliphatic rings. The molecule has 4 fully saturated rings. The predicted octanol–water partition coefficient (Wildman–Crippen LogP) is 4.75. The highest BCUT2D eigenvalue weighted by atomic mass is 16.8. The second-order valence-corrected chi connectivity index (χ2v) is 12.0. The van der Waals surface area contributed by atoms with Crippen LogP contribution in [0.3, 0.4) is 0 Å². The normalized spacial score (nSPS) is 34.1. The molecule has 7 rings (SSSR count). The van der Waals surface area contributed by atoms with Crippen molar-refractivity contribution in [1.29, 1.82) is 0 Å². The van der Waals surface area contributed by atoms with Crippen LogP contribution >= 0.6 is 0 Å². The fourth-order valence-corrected chi connectivity index (χ4v) is 6.52. The van der Waals surface area contributed by atoms with Gasteiger partial charge in [0.2, 0.25) is 0 Å². The van der Waals surface area contributed by atoms with Crippen LogP contribution in [0.1, 0.15) is 29.9 Å². The van der Waals surface area contributed by atoms with Gasteiger partial charge in [-0.05, 0) is 16.7 Å². The highest BCUT2D eigenvalue weighted by Gasteiger charge is 2.57. The molecule has 0 amide bonds. The first-order valence-corrected chi connectivity index (χ1v) is 16.0. The molecule has 48 heavy (non-hydrogen) atoms. The lowest BCUT2D eigenvalue weighted by molar-refractivity contribution is -0.384. The van der Waals surface area contributed by atoms with Crippen molar-refractivity contribution in [1.82, 2.24) is 0 Å². The number of rotatable bonds is 11. The first-order chi connectivity index (χ1) is 23.6. The number of carbonyl (C=O) groups excluding carboxylic acids is 1. The van der Waals surface area contributed by atoms with Gasteiger partial charge in [-0.2, -0.15) is 0 Å². The van der Waals surface area contributed by atoms with Crippen LogP contribution in [0.25, 0.3) is 10.4 Å². The van der Waals surface area contributed by atoms with Crippen molar-refractivity contribution in [2.24, 2.45) is 5.11 Å². The fraction of sp³-hybridized carbons (Fsp3) is 0.457. The Morgan fingerprint density at radius 1 is 0.771 bits per heavy atom. The fourth-order valence-electron chi connectivity index (χ4n) is 6.52. The van der Waals surface area contributed by atoms with Crippen molar-refractivity contribution in [3.63, 3.8) is 0 Å². The van der Waals surface area contributed by atoms with Gasteiger partial charge < -0.3 is 42.6 Å². The van der Waals surface area contributed by atoms with Crippen LogP contribution in [0.2, 0.25) is 0 Å². The van der Waals surface area contributed by atoms with Crippen LogP contribution in [0.4, 0.5) is 0 Å². The third-order valence-corrected chi connectivity index (χ3v) is 8.74. The molecule has 0 N–H and O–H groups in total. The van der Waals surface area contributed by atoms with Gasteiger partial charge in [-0.25, -0.2) is 0 Å². The Balaban J connectivity index is 1.22. The molecule has 2 bridgehead atoms. The minimum atomic E-state index is -1.06. The van der Waals surface area contributed by atoms with Crippen LogP contribution in [0.5, 0.6) is 0 Å². The molecule has 0 saturated carbocycles. The maximum atomic E-state index is 12.3. The Kier molecular flexibility index (Phi) is 10.3. The van der Waals surface area contributed by atoms with Gasteiger partial charge >= 0.3 is 5.97 Å². The van der Waals surface area contributed by atoms with Crippen molar-refractivity contribution >= 4 is 5.97 Å². The summed E-state index contributed by atoms with van der Waals surface area (Å²) in [6, 6.07) is 28.2. The van der Waals surface area contributed by atoms with Crippen molar-refractivity contribution < 1.29 is 47.4 Å². The van der Waals surface area contributed by atoms with Crippen molar-refractivity contribution in [3.05, 3.63) is 118 Å². The Morgan fingerprint density at radius 2 is 1.40 bits per heavy atom. The van der Waals surface area contributed by atoms with E-state index in [9.17, 15) is 10.3 Å². The Bertz CT molecular complexity index is 1550. The van der Waals surface area contributed by atoms with Gasteiger partial charge in [0.15, 0.2) is 18.9 Å². The molecular weight excluding hydrogens is 622 g/mol. The van der Waals surface area contributed by atoms with Gasteiger partial charge in [0.1, 0.15) is 48.8 Å². The van der Waals surface area contributed by atoms with Gasteiger partial charge in [-0.1, -0.05) is 96.1 Å². The summed E-state index contributed by atoms with van der Waals surface area (Å²) in [4.78, 5) is 15.2. The van der Waals surface area contributed by atoms with E-state index in [1.807, 2.05) is 91.0 Å². The van der Waals surface area contributed by atoms with Gasteiger partial charge in [0.25, 0.3) is 0 Å². The van der Waals surface area contributed by atoms with Gasteiger partial charge in [0.05, 0.1) is 26.4 Å². The molecule has 13 nitrogen and oxygen atoms in total. The molecular formula is C35H37N3O10. The zero-order valence-electron chi connectivity index (χ0n) is 26.3. The third kappa shape index (κ3) is 7.25. The molecule has 0 radical (unpaired) electrons. The lowest BCUT2D eigenvalue weighted by Gasteiger charge is -2.50. The summed E-state index contributed by atoms with van der Waals surface area (Å²) in [5.74, 6) is -0.570. The second-order valence-electron chi connectivity index (χ2n) is 12.0. The molecule has 0 spiro atoms. The molecule has 1 unspecified atom stereocenters. The Labute approximate surface area is 277 Å². The summed E-state index contributed by atoms with van der Waals surface area (Å²) in [5, 5.41) is 3.85. The summed E-state index contributed by atoms with van der Waals surface area (Å²) in [6.07, 6.45) is -7.89. The molecule has 4 heterocycles. The first-order valence-electron chi connectivity index (χ1n) is 16.0. The lowest BCUT2D eigenvalue weighted by Crippen LogP contribution is -2.65. The minimum Gasteiger partial charge on any atom is -0.459 e. The van der Waals surface area contributed by atoms with E-state index < -0.39 is 73.6 Å². The summed E-state index contributed by atoms with van der Waals surface area (Å²) in [5.41, 5.74) is 12.1. The molecule has 0 aliphatic carbocycles. The average Bonchev–Trinajstić information content (AvgIpc) is 3.56. The second kappa shape index (κ2) is 15.1. The molecule has 252 valence electrons. The van der Waals surface area contributed by atoms with Crippen LogP contribution in [0, 0.1) is 0 Å². The maximum Gasteiger partial charge on any atom is 0.303 e. The number of azide groups is 1. The van der Waals surface area contributed by atoms with Crippen LogP contribution in [-0.2, 0) is 60.6 Å². The minimum absolute atomic E-state index is 0.137. The molecule has 4 saturated heterocycles. The van der Waals surface area contributed by atoms with E-state index in [-0.39, 0.29) is 26.4 Å². The topological polar surface area (TPSA) is 149 Å². The van der Waals surface area contributed by atoms with E-state index in [0.717, 1.165) is 16.7 Å². The number of carbonyl (C=O) groups is 1. The number of nitrogens with zero attached hydrogens (tertiary/aromatic N) is 3. The zero-order valence-corrected chi connectivity index (χ0v) is 26.3. The van der Waals surface area contributed by atoms with Crippen LogP contribution in [-0.4, -0.2) is 80.5 Å². The number of fused-ring (bicyclic) bond motifs is 3. The van der Waals surface area contributed by atoms with E-state index in [1.54, 1.807) is 0 Å². The maximum absolute atomic E-state index is 12.3. The molecule has 13 heteroatoms. The van der Waals surface area contributed by atoms with Crippen molar-refractivity contribution in [2.75, 3.05) is 13.2 Å². The van der Waals surface area contributed by atoms with Gasteiger partial charge in [-0.15, -0.1) is 0 Å². The number of ether oxygens (including phenoxy) is 9. The van der Waals surface area contributed by atoms with Crippen molar-refractivity contribution in [3.8, 4) is 0 Å². The summed E-state index contributed by atoms with van der Waals surface area (Å²) >= 11 is 0. The van der Waals surface area contributed by atoms with E-state index in [2.05, 4.69) is 10.0 Å². The molecule has 11 atom stereocenters. The van der Waals surface area contributed by atoms with E-state index in [4.69, 9.17) is 42.6 Å². The van der Waals surface area contributed by atoms with Crippen LogP contribution < -0.4 is 0 Å². The van der Waals surface area contributed by atoms with Crippen LogP contribution in [0.15, 0.2) is 96.1 Å². The SMILES string of the molecule is CC(=O)O[C@@H]1[C@@H](N=[N+]=[N-])[C@@H]2OC[C@H](O2)[C@H]1O[C@@H]1O[C@@H]2COC(c3ccccc3)O[C@H]2[C@H](OCc2ccccc2)[C@H]1OCc1ccccc1. The van der Waals surface area contributed by atoms with Gasteiger partial charge in [-0.3, -0.25) is 4.79 Å². The number of hydrogen-bond donors (Lipinski definition) is 0. The Hall–Kier alpha value is -3.88. The zero-order chi connectivity index (χ0) is 32.9. The van der Waals surface area contributed by atoms with Crippen molar-refractivity contribution in [2.45, 2.75) is 87.8 Å². The van der Waals surface area contributed by atoms with E-state index >= 15 is 0 Å². The molecule has 3 aromatic carbocycles. The summed E-state index contributed by atoms with van der Waals surface area (Å²) < 4.78 is 56.8. The predicted molar refractivity (Wildman–Crippen MR) is 167 cm³/mol. The third-order valence-electron chi connectivity index (χ3n) is 8.74. The molecule has 4 aliphatic heterocycles. The quantitative estimate of drug-likeness (QED) is 0.122. The largest absolute Gasteiger partial charge is 0.459 e. The summed E-state index contributed by atoms with van der Waals surface area (Å²) in [6.45, 7) is 2.10.